The van der Waals surface area contributed by atoms with Crippen LogP contribution in [-0.4, -0.2) is 16.5 Å². The van der Waals surface area contributed by atoms with Crippen LogP contribution in [0.25, 0.3) is 0 Å². The predicted molar refractivity (Wildman–Crippen MR) is 69.0 cm³/mol. The molecule has 17 heavy (non-hydrogen) atoms. The molecule has 1 aromatic heterocycles. The Morgan fingerprint density at radius 2 is 1.88 bits per heavy atom. The maximum absolute atomic E-state index is 6.21. The van der Waals surface area contributed by atoms with E-state index >= 15 is 0 Å². The summed E-state index contributed by atoms with van der Waals surface area (Å²) >= 11 is 6.21. The van der Waals surface area contributed by atoms with E-state index in [4.69, 9.17) is 11.6 Å². The molecule has 88 valence electrons. The summed E-state index contributed by atoms with van der Waals surface area (Å²) in [7, 11) is 0. The van der Waals surface area contributed by atoms with Crippen molar-refractivity contribution in [1.82, 2.24) is 15.3 Å². The van der Waals surface area contributed by atoms with Crippen LogP contribution in [-0.2, 0) is 0 Å². The first kappa shape index (κ1) is 12.0. The Kier molecular flexibility index (Phi) is 4.07. The molecule has 1 atom stereocenters. The van der Waals surface area contributed by atoms with Crippen LogP contribution >= 0.6 is 11.6 Å². The zero-order valence-electron chi connectivity index (χ0n) is 9.60. The summed E-state index contributed by atoms with van der Waals surface area (Å²) in [5.74, 6) is 0.738. The molecule has 2 aromatic rings. The maximum atomic E-state index is 6.21. The Morgan fingerprint density at radius 1 is 1.18 bits per heavy atom. The third kappa shape index (κ3) is 2.81. The van der Waals surface area contributed by atoms with Crippen LogP contribution in [0, 0.1) is 0 Å². The van der Waals surface area contributed by atoms with Crippen LogP contribution in [0.1, 0.15) is 24.4 Å². The predicted octanol–water partition coefficient (Wildman–Crippen LogP) is 2.83. The lowest BCUT2D eigenvalue weighted by Crippen LogP contribution is -2.24. The van der Waals surface area contributed by atoms with Gasteiger partial charge in [-0.3, -0.25) is 0 Å². The number of halogens is 1. The minimum atomic E-state index is -0.0603. The van der Waals surface area contributed by atoms with E-state index in [-0.39, 0.29) is 6.04 Å². The van der Waals surface area contributed by atoms with Crippen molar-refractivity contribution in [3.63, 3.8) is 0 Å². The molecule has 0 amide bonds. The third-order valence-corrected chi connectivity index (χ3v) is 2.81. The van der Waals surface area contributed by atoms with Crippen LogP contribution in [0.15, 0.2) is 42.7 Å². The van der Waals surface area contributed by atoms with Gasteiger partial charge in [0.2, 0.25) is 0 Å². The number of hydrogen-bond acceptors (Lipinski definition) is 3. The lowest BCUT2D eigenvalue weighted by molar-refractivity contribution is 0.597. The van der Waals surface area contributed by atoms with E-state index < -0.39 is 0 Å². The molecule has 0 radical (unpaired) electrons. The van der Waals surface area contributed by atoms with E-state index in [0.29, 0.717) is 0 Å². The first-order valence-corrected chi connectivity index (χ1v) is 5.95. The Labute approximate surface area is 106 Å². The summed E-state index contributed by atoms with van der Waals surface area (Å²) in [6, 6.07) is 9.50. The smallest absolute Gasteiger partial charge is 0.149 e. The van der Waals surface area contributed by atoms with Gasteiger partial charge in [-0.25, -0.2) is 9.97 Å². The fraction of sp³-hybridized carbons (Fsp3) is 0.231. The Hall–Kier alpha value is -1.45. The standard InChI is InChI=1S/C13H14ClN3/c1-2-15-12(13-16-8-5-9-17-13)10-6-3-4-7-11(10)14/h3-9,12,15H,2H2,1H3. The van der Waals surface area contributed by atoms with Crippen molar-refractivity contribution in [2.45, 2.75) is 13.0 Å². The lowest BCUT2D eigenvalue weighted by atomic mass is 10.1. The summed E-state index contributed by atoms with van der Waals surface area (Å²) in [6.45, 7) is 2.88. The van der Waals surface area contributed by atoms with Gasteiger partial charge in [-0.15, -0.1) is 0 Å². The van der Waals surface area contributed by atoms with Crippen LogP contribution in [0.2, 0.25) is 5.02 Å². The molecule has 1 heterocycles. The van der Waals surface area contributed by atoms with Gasteiger partial charge in [0.1, 0.15) is 5.82 Å². The van der Waals surface area contributed by atoms with E-state index in [2.05, 4.69) is 15.3 Å². The Balaban J connectivity index is 2.39. The average Bonchev–Trinajstić information content (AvgIpc) is 2.38. The molecular weight excluding hydrogens is 234 g/mol. The molecule has 0 aliphatic rings. The van der Waals surface area contributed by atoms with Crippen LogP contribution in [0.3, 0.4) is 0 Å². The van der Waals surface area contributed by atoms with Gasteiger partial charge in [0.25, 0.3) is 0 Å². The van der Waals surface area contributed by atoms with Gasteiger partial charge in [-0.05, 0) is 24.2 Å². The molecule has 3 nitrogen and oxygen atoms in total. The fourth-order valence-electron chi connectivity index (χ4n) is 1.71. The Morgan fingerprint density at radius 3 is 2.53 bits per heavy atom. The highest BCUT2D eigenvalue weighted by Crippen LogP contribution is 2.25. The molecule has 4 heteroatoms. The summed E-state index contributed by atoms with van der Waals surface area (Å²) in [5, 5.41) is 4.07. The monoisotopic (exact) mass is 247 g/mol. The largest absolute Gasteiger partial charge is 0.304 e. The number of hydrogen-bond donors (Lipinski definition) is 1. The van der Waals surface area contributed by atoms with Crippen molar-refractivity contribution in [1.29, 1.82) is 0 Å². The molecule has 2 rings (SSSR count). The van der Waals surface area contributed by atoms with Crippen molar-refractivity contribution >= 4 is 11.6 Å². The first-order chi connectivity index (χ1) is 8.33. The third-order valence-electron chi connectivity index (χ3n) is 2.47. The highest BCUT2D eigenvalue weighted by Gasteiger charge is 2.17. The topological polar surface area (TPSA) is 37.8 Å². The SMILES string of the molecule is CCNC(c1ncccn1)c1ccccc1Cl. The molecule has 1 N–H and O–H groups in total. The highest BCUT2D eigenvalue weighted by atomic mass is 35.5. The van der Waals surface area contributed by atoms with Gasteiger partial charge in [0.15, 0.2) is 0 Å². The van der Waals surface area contributed by atoms with E-state index in [9.17, 15) is 0 Å². The molecule has 0 saturated carbocycles. The van der Waals surface area contributed by atoms with Crippen molar-refractivity contribution < 1.29 is 0 Å². The van der Waals surface area contributed by atoms with E-state index in [0.717, 1.165) is 23.0 Å². The maximum Gasteiger partial charge on any atom is 0.149 e. The molecule has 0 bridgehead atoms. The first-order valence-electron chi connectivity index (χ1n) is 5.57. The zero-order chi connectivity index (χ0) is 12.1. The van der Waals surface area contributed by atoms with Gasteiger partial charge in [0.05, 0.1) is 6.04 Å². The summed E-state index contributed by atoms with van der Waals surface area (Å²) in [5.41, 5.74) is 1.00. The molecule has 1 unspecified atom stereocenters. The molecule has 0 aliphatic heterocycles. The van der Waals surface area contributed by atoms with Gasteiger partial charge >= 0.3 is 0 Å². The van der Waals surface area contributed by atoms with Gasteiger partial charge in [-0.1, -0.05) is 36.7 Å². The minimum Gasteiger partial charge on any atom is -0.304 e. The van der Waals surface area contributed by atoms with Gasteiger partial charge in [-0.2, -0.15) is 0 Å². The van der Waals surface area contributed by atoms with Crippen LogP contribution in [0.4, 0.5) is 0 Å². The number of benzene rings is 1. The van der Waals surface area contributed by atoms with Crippen molar-refractivity contribution in [2.75, 3.05) is 6.54 Å². The average molecular weight is 248 g/mol. The summed E-state index contributed by atoms with van der Waals surface area (Å²) in [4.78, 5) is 8.57. The van der Waals surface area contributed by atoms with E-state index in [1.807, 2.05) is 31.2 Å². The minimum absolute atomic E-state index is 0.0603. The molecule has 0 saturated heterocycles. The molecule has 0 fully saturated rings. The number of rotatable bonds is 4. The molecule has 0 spiro atoms. The normalized spacial score (nSPS) is 12.4. The van der Waals surface area contributed by atoms with E-state index in [1.54, 1.807) is 18.5 Å². The Bertz CT molecular complexity index is 473. The molecular formula is C13H14ClN3. The van der Waals surface area contributed by atoms with Crippen LogP contribution in [0.5, 0.6) is 0 Å². The van der Waals surface area contributed by atoms with Gasteiger partial charge < -0.3 is 5.32 Å². The number of aromatic nitrogens is 2. The van der Waals surface area contributed by atoms with Crippen molar-refractivity contribution in [2.24, 2.45) is 0 Å². The highest BCUT2D eigenvalue weighted by molar-refractivity contribution is 6.31. The number of nitrogens with zero attached hydrogens (tertiary/aromatic N) is 2. The van der Waals surface area contributed by atoms with Crippen molar-refractivity contribution in [3.05, 3.63) is 59.1 Å². The lowest BCUT2D eigenvalue weighted by Gasteiger charge is -2.17. The van der Waals surface area contributed by atoms with Crippen molar-refractivity contribution in [3.8, 4) is 0 Å². The molecule has 0 aliphatic carbocycles. The zero-order valence-corrected chi connectivity index (χ0v) is 10.4. The summed E-state index contributed by atoms with van der Waals surface area (Å²) < 4.78 is 0. The second-order valence-corrected chi connectivity index (χ2v) is 4.03. The van der Waals surface area contributed by atoms with E-state index in [1.165, 1.54) is 0 Å². The number of nitrogens with one attached hydrogen (secondary N) is 1. The molecule has 1 aromatic carbocycles. The fourth-order valence-corrected chi connectivity index (χ4v) is 1.96. The quantitative estimate of drug-likeness (QED) is 0.903. The van der Waals surface area contributed by atoms with Gasteiger partial charge in [0, 0.05) is 17.4 Å². The second-order valence-electron chi connectivity index (χ2n) is 3.62. The summed E-state index contributed by atoms with van der Waals surface area (Å²) in [6.07, 6.45) is 3.48. The van der Waals surface area contributed by atoms with Crippen LogP contribution < -0.4 is 5.32 Å². The second kappa shape index (κ2) is 5.75.